The van der Waals surface area contributed by atoms with E-state index in [0.29, 0.717) is 16.8 Å². The van der Waals surface area contributed by atoms with Crippen LogP contribution in [0.1, 0.15) is 40.2 Å². The third-order valence-corrected chi connectivity index (χ3v) is 6.23. The standard InChI is InChI=1S/C21H16N4O4S/c22-12-13-3-7-17(18-2-1-9-23-24-18)19(10-13)25-30(28,29)20-11-15(21(26)27)6-8-16(20)14-4-5-14/h1-3,6-11,14,25H,4-5H2,(H,26,27). The zero-order chi connectivity index (χ0) is 21.3. The number of carbonyl (C=O) groups is 1. The van der Waals surface area contributed by atoms with Crippen molar-refractivity contribution in [3.8, 4) is 17.3 Å². The molecule has 0 unspecified atom stereocenters. The van der Waals surface area contributed by atoms with Gasteiger partial charge in [0.15, 0.2) is 0 Å². The monoisotopic (exact) mass is 420 g/mol. The van der Waals surface area contributed by atoms with Crippen LogP contribution in [0.15, 0.2) is 59.6 Å². The minimum Gasteiger partial charge on any atom is -0.478 e. The van der Waals surface area contributed by atoms with Crippen LogP contribution in [0.3, 0.4) is 0 Å². The Hall–Kier alpha value is -3.77. The minimum absolute atomic E-state index is 0.0719. The van der Waals surface area contributed by atoms with Gasteiger partial charge >= 0.3 is 5.97 Å². The van der Waals surface area contributed by atoms with Crippen molar-refractivity contribution in [1.82, 2.24) is 10.2 Å². The predicted octanol–water partition coefficient (Wildman–Crippen LogP) is 3.39. The van der Waals surface area contributed by atoms with E-state index in [9.17, 15) is 23.6 Å². The number of rotatable bonds is 6. The molecule has 3 aromatic rings. The van der Waals surface area contributed by atoms with E-state index in [0.717, 1.165) is 12.8 Å². The highest BCUT2D eigenvalue weighted by Gasteiger charge is 2.31. The van der Waals surface area contributed by atoms with Gasteiger partial charge in [-0.1, -0.05) is 6.07 Å². The quantitative estimate of drug-likeness (QED) is 0.624. The molecule has 0 radical (unpaired) electrons. The van der Waals surface area contributed by atoms with Gasteiger partial charge in [0.1, 0.15) is 0 Å². The first-order valence-corrected chi connectivity index (χ1v) is 10.6. The lowest BCUT2D eigenvalue weighted by Gasteiger charge is -2.15. The van der Waals surface area contributed by atoms with Crippen LogP contribution in [-0.4, -0.2) is 29.7 Å². The number of nitrogens with one attached hydrogen (secondary N) is 1. The fourth-order valence-corrected chi connectivity index (χ4v) is 4.59. The molecule has 0 spiro atoms. The molecule has 1 heterocycles. The molecule has 1 fully saturated rings. The van der Waals surface area contributed by atoms with E-state index >= 15 is 0 Å². The molecular weight excluding hydrogens is 404 g/mol. The number of nitriles is 1. The SMILES string of the molecule is N#Cc1ccc(-c2cccnn2)c(NS(=O)(=O)c2cc(C(=O)O)ccc2C2CC2)c1. The van der Waals surface area contributed by atoms with Gasteiger partial charge in [-0.25, -0.2) is 13.2 Å². The first kappa shape index (κ1) is 19.5. The van der Waals surface area contributed by atoms with E-state index in [4.69, 9.17) is 0 Å². The Morgan fingerprint density at radius 1 is 1.17 bits per heavy atom. The maximum atomic E-state index is 13.3. The first-order chi connectivity index (χ1) is 14.4. The molecule has 0 aliphatic heterocycles. The van der Waals surface area contributed by atoms with Crippen molar-refractivity contribution >= 4 is 21.7 Å². The van der Waals surface area contributed by atoms with Crippen molar-refractivity contribution in [3.05, 3.63) is 71.4 Å². The summed E-state index contributed by atoms with van der Waals surface area (Å²) in [5.41, 5.74) is 1.79. The van der Waals surface area contributed by atoms with Crippen molar-refractivity contribution in [2.45, 2.75) is 23.7 Å². The average Bonchev–Trinajstić information content (AvgIpc) is 3.59. The lowest BCUT2D eigenvalue weighted by atomic mass is 10.1. The predicted molar refractivity (Wildman–Crippen MR) is 108 cm³/mol. The van der Waals surface area contributed by atoms with Gasteiger partial charge in [-0.2, -0.15) is 15.5 Å². The van der Waals surface area contributed by atoms with Gasteiger partial charge in [-0.3, -0.25) is 4.72 Å². The molecule has 0 saturated heterocycles. The lowest BCUT2D eigenvalue weighted by molar-refractivity contribution is 0.0696. The molecule has 1 aliphatic rings. The van der Waals surface area contributed by atoms with Crippen LogP contribution >= 0.6 is 0 Å². The second-order valence-electron chi connectivity index (χ2n) is 6.92. The van der Waals surface area contributed by atoms with Crippen molar-refractivity contribution in [3.63, 3.8) is 0 Å². The largest absolute Gasteiger partial charge is 0.478 e. The average molecular weight is 420 g/mol. The van der Waals surface area contributed by atoms with Gasteiger partial charge in [-0.15, -0.1) is 0 Å². The summed E-state index contributed by atoms with van der Waals surface area (Å²) in [7, 11) is -4.13. The van der Waals surface area contributed by atoms with E-state index in [1.807, 2.05) is 6.07 Å². The molecular formula is C21H16N4O4S. The first-order valence-electron chi connectivity index (χ1n) is 9.11. The molecule has 1 saturated carbocycles. The number of hydrogen-bond acceptors (Lipinski definition) is 6. The Morgan fingerprint density at radius 3 is 2.60 bits per heavy atom. The Labute approximate surface area is 172 Å². The Bertz CT molecular complexity index is 1280. The maximum absolute atomic E-state index is 13.3. The van der Waals surface area contributed by atoms with Crippen LogP contribution in [0.25, 0.3) is 11.3 Å². The molecule has 30 heavy (non-hydrogen) atoms. The highest BCUT2D eigenvalue weighted by molar-refractivity contribution is 7.92. The Balaban J connectivity index is 1.82. The zero-order valence-electron chi connectivity index (χ0n) is 15.6. The summed E-state index contributed by atoms with van der Waals surface area (Å²) >= 11 is 0. The fourth-order valence-electron chi connectivity index (χ4n) is 3.20. The summed E-state index contributed by atoms with van der Waals surface area (Å²) in [6.45, 7) is 0. The molecule has 4 rings (SSSR count). The number of anilines is 1. The van der Waals surface area contributed by atoms with Crippen molar-refractivity contribution in [2.24, 2.45) is 0 Å². The van der Waals surface area contributed by atoms with Crippen molar-refractivity contribution in [2.75, 3.05) is 4.72 Å². The topological polar surface area (TPSA) is 133 Å². The third kappa shape index (κ3) is 3.86. The number of carboxylic acid groups (broad SMARTS) is 1. The zero-order valence-corrected chi connectivity index (χ0v) is 16.4. The highest BCUT2D eigenvalue weighted by Crippen LogP contribution is 2.43. The van der Waals surface area contributed by atoms with E-state index < -0.39 is 16.0 Å². The van der Waals surface area contributed by atoms with Gasteiger partial charge in [0.25, 0.3) is 10.0 Å². The second kappa shape index (κ2) is 7.57. The van der Waals surface area contributed by atoms with Crippen molar-refractivity contribution in [1.29, 1.82) is 5.26 Å². The molecule has 9 heteroatoms. The van der Waals surface area contributed by atoms with E-state index in [1.165, 1.54) is 24.4 Å². The highest BCUT2D eigenvalue weighted by atomic mass is 32.2. The molecule has 0 atom stereocenters. The van der Waals surface area contributed by atoms with Crippen LogP contribution in [0.5, 0.6) is 0 Å². The Kier molecular flexibility index (Phi) is 4.93. The summed E-state index contributed by atoms with van der Waals surface area (Å²) in [6, 6.07) is 14.0. The summed E-state index contributed by atoms with van der Waals surface area (Å²) < 4.78 is 29.1. The summed E-state index contributed by atoms with van der Waals surface area (Å²) in [5, 5.41) is 26.4. The number of benzene rings is 2. The molecule has 2 N–H and O–H groups in total. The van der Waals surface area contributed by atoms with Gasteiger partial charge in [-0.05, 0) is 66.8 Å². The maximum Gasteiger partial charge on any atom is 0.335 e. The van der Waals surface area contributed by atoms with Crippen LogP contribution in [0.2, 0.25) is 0 Å². The van der Waals surface area contributed by atoms with Crippen LogP contribution < -0.4 is 4.72 Å². The molecule has 0 bridgehead atoms. The molecule has 0 amide bonds. The fraction of sp³-hybridized carbons (Fsp3) is 0.143. The number of aromatic carboxylic acids is 1. The summed E-state index contributed by atoms with van der Waals surface area (Å²) in [4.78, 5) is 11.3. The number of nitrogens with zero attached hydrogens (tertiary/aromatic N) is 3. The van der Waals surface area contributed by atoms with Crippen LogP contribution in [-0.2, 0) is 10.0 Å². The summed E-state index contributed by atoms with van der Waals surface area (Å²) in [6.07, 6.45) is 3.20. The molecule has 1 aromatic heterocycles. The molecule has 2 aromatic carbocycles. The summed E-state index contributed by atoms with van der Waals surface area (Å²) in [5.74, 6) is -1.12. The number of hydrogen-bond donors (Lipinski definition) is 2. The number of sulfonamides is 1. The van der Waals surface area contributed by atoms with Crippen LogP contribution in [0.4, 0.5) is 5.69 Å². The minimum atomic E-state index is -4.13. The van der Waals surface area contributed by atoms with Gasteiger partial charge in [0.2, 0.25) is 0 Å². The van der Waals surface area contributed by atoms with E-state index in [2.05, 4.69) is 14.9 Å². The number of carboxylic acids is 1. The normalized spacial score (nSPS) is 13.4. The molecule has 8 nitrogen and oxygen atoms in total. The van der Waals surface area contributed by atoms with Crippen molar-refractivity contribution < 1.29 is 18.3 Å². The number of aromatic nitrogens is 2. The lowest BCUT2D eigenvalue weighted by Crippen LogP contribution is -2.16. The molecule has 150 valence electrons. The molecule has 1 aliphatic carbocycles. The second-order valence-corrected chi connectivity index (χ2v) is 8.57. The van der Waals surface area contributed by atoms with E-state index in [1.54, 1.807) is 30.3 Å². The third-order valence-electron chi connectivity index (χ3n) is 4.81. The smallest absolute Gasteiger partial charge is 0.335 e. The van der Waals surface area contributed by atoms with Gasteiger partial charge < -0.3 is 5.11 Å². The van der Waals surface area contributed by atoms with Gasteiger partial charge in [0.05, 0.1) is 33.5 Å². The van der Waals surface area contributed by atoms with Gasteiger partial charge in [0, 0.05) is 11.8 Å². The Morgan fingerprint density at radius 2 is 1.97 bits per heavy atom. The van der Waals surface area contributed by atoms with Crippen LogP contribution in [0, 0.1) is 11.3 Å². The van der Waals surface area contributed by atoms with E-state index in [-0.39, 0.29) is 27.6 Å².